The van der Waals surface area contributed by atoms with Gasteiger partial charge in [-0.2, -0.15) is 0 Å². The molecule has 1 aliphatic rings. The van der Waals surface area contributed by atoms with Gasteiger partial charge in [-0.25, -0.2) is 0 Å². The molecule has 0 spiro atoms. The third-order valence-corrected chi connectivity index (χ3v) is 2.97. The summed E-state index contributed by atoms with van der Waals surface area (Å²) in [6.45, 7) is 2.91. The summed E-state index contributed by atoms with van der Waals surface area (Å²) in [6.07, 6.45) is 2.62. The Labute approximate surface area is 90.0 Å². The molecule has 0 saturated carbocycles. The van der Waals surface area contributed by atoms with Gasteiger partial charge < -0.3 is 16.0 Å². The van der Waals surface area contributed by atoms with Gasteiger partial charge in [-0.05, 0) is 25.8 Å². The van der Waals surface area contributed by atoms with Gasteiger partial charge in [0, 0.05) is 7.05 Å². The Bertz CT molecular complexity index is 247. The highest BCUT2D eigenvalue weighted by Crippen LogP contribution is 2.22. The third kappa shape index (κ3) is 2.68. The normalized spacial score (nSPS) is 24.9. The van der Waals surface area contributed by atoms with Crippen LogP contribution in [0.4, 0.5) is 0 Å². The minimum Gasteiger partial charge on any atom is -0.358 e. The number of hydrogen-bond acceptors (Lipinski definition) is 3. The summed E-state index contributed by atoms with van der Waals surface area (Å²) in [7, 11) is 1.55. The van der Waals surface area contributed by atoms with E-state index in [1.807, 2.05) is 6.92 Å². The lowest BCUT2D eigenvalue weighted by Gasteiger charge is -2.26. The first-order chi connectivity index (χ1) is 7.14. The van der Waals surface area contributed by atoms with Crippen LogP contribution < -0.4 is 16.0 Å². The smallest absolute Gasteiger partial charge is 0.240 e. The van der Waals surface area contributed by atoms with Gasteiger partial charge in [0.25, 0.3) is 0 Å². The van der Waals surface area contributed by atoms with E-state index in [-0.39, 0.29) is 18.4 Å². The maximum atomic E-state index is 11.9. The quantitative estimate of drug-likeness (QED) is 0.583. The minimum absolute atomic E-state index is 0.0543. The molecule has 1 fully saturated rings. The fraction of sp³-hybridized carbons (Fsp3) is 0.800. The van der Waals surface area contributed by atoms with Crippen molar-refractivity contribution in [1.82, 2.24) is 16.0 Å². The summed E-state index contributed by atoms with van der Waals surface area (Å²) in [5.74, 6) is -0.237. The summed E-state index contributed by atoms with van der Waals surface area (Å²) >= 11 is 0. The maximum Gasteiger partial charge on any atom is 0.240 e. The van der Waals surface area contributed by atoms with E-state index in [2.05, 4.69) is 16.0 Å². The van der Waals surface area contributed by atoms with Crippen LogP contribution in [-0.4, -0.2) is 37.5 Å². The van der Waals surface area contributed by atoms with Crippen molar-refractivity contribution in [2.24, 2.45) is 0 Å². The minimum atomic E-state index is -0.450. The number of likely N-dealkylation sites (N-methyl/N-ethyl adjacent to an activating group) is 1. The predicted molar refractivity (Wildman–Crippen MR) is 57.3 cm³/mol. The second-order valence-corrected chi connectivity index (χ2v) is 3.82. The molecule has 0 radical (unpaired) electrons. The van der Waals surface area contributed by atoms with Gasteiger partial charge in [0.15, 0.2) is 0 Å². The van der Waals surface area contributed by atoms with Crippen molar-refractivity contribution in [1.29, 1.82) is 0 Å². The van der Waals surface area contributed by atoms with Gasteiger partial charge in [-0.1, -0.05) is 6.92 Å². The zero-order chi connectivity index (χ0) is 11.3. The molecule has 1 aliphatic heterocycles. The highest BCUT2D eigenvalue weighted by molar-refractivity contribution is 5.90. The van der Waals surface area contributed by atoms with E-state index >= 15 is 0 Å². The highest BCUT2D eigenvalue weighted by atomic mass is 16.2. The molecular weight excluding hydrogens is 194 g/mol. The van der Waals surface area contributed by atoms with E-state index in [1.165, 1.54) is 0 Å². The lowest BCUT2D eigenvalue weighted by Crippen LogP contribution is -2.54. The first-order valence-electron chi connectivity index (χ1n) is 5.38. The number of nitrogens with one attached hydrogen (secondary N) is 3. The fourth-order valence-electron chi connectivity index (χ4n) is 1.88. The molecule has 0 aliphatic carbocycles. The lowest BCUT2D eigenvalue weighted by atomic mass is 9.93. The fourth-order valence-corrected chi connectivity index (χ4v) is 1.88. The number of amides is 2. The molecule has 5 nitrogen and oxygen atoms in total. The van der Waals surface area contributed by atoms with E-state index in [0.717, 1.165) is 25.8 Å². The standard InChI is InChI=1S/C10H19N3O2/c1-3-10(5-4-6-13-10)9(15)12-7-8(14)11-2/h13H,3-7H2,1-2H3,(H,11,14)(H,12,15). The van der Waals surface area contributed by atoms with Crippen LogP contribution in [-0.2, 0) is 9.59 Å². The van der Waals surface area contributed by atoms with Gasteiger partial charge in [-0.15, -0.1) is 0 Å². The second kappa shape index (κ2) is 5.11. The topological polar surface area (TPSA) is 70.2 Å². The summed E-state index contributed by atoms with van der Waals surface area (Å²) in [4.78, 5) is 22.8. The molecule has 2 amide bonds. The monoisotopic (exact) mass is 213 g/mol. The molecule has 0 aromatic carbocycles. The van der Waals surface area contributed by atoms with Gasteiger partial charge in [0.05, 0.1) is 12.1 Å². The van der Waals surface area contributed by atoms with Crippen molar-refractivity contribution < 1.29 is 9.59 Å². The van der Waals surface area contributed by atoms with Crippen LogP contribution in [0.15, 0.2) is 0 Å². The Hall–Kier alpha value is -1.10. The van der Waals surface area contributed by atoms with Gasteiger partial charge >= 0.3 is 0 Å². The number of rotatable bonds is 4. The van der Waals surface area contributed by atoms with Crippen LogP contribution in [0.1, 0.15) is 26.2 Å². The van der Waals surface area contributed by atoms with Crippen LogP contribution in [0.2, 0.25) is 0 Å². The number of hydrogen-bond donors (Lipinski definition) is 3. The number of carbonyl (C=O) groups excluding carboxylic acids is 2. The van der Waals surface area contributed by atoms with Gasteiger partial charge in [-0.3, -0.25) is 9.59 Å². The van der Waals surface area contributed by atoms with Crippen LogP contribution in [0.3, 0.4) is 0 Å². The largest absolute Gasteiger partial charge is 0.358 e. The zero-order valence-corrected chi connectivity index (χ0v) is 9.35. The second-order valence-electron chi connectivity index (χ2n) is 3.82. The van der Waals surface area contributed by atoms with Crippen molar-refractivity contribution in [2.75, 3.05) is 20.1 Å². The Morgan fingerprint density at radius 2 is 2.20 bits per heavy atom. The lowest BCUT2D eigenvalue weighted by molar-refractivity contribution is -0.130. The molecule has 0 aromatic rings. The Balaban J connectivity index is 2.47. The summed E-state index contributed by atoms with van der Waals surface area (Å²) < 4.78 is 0. The van der Waals surface area contributed by atoms with Crippen LogP contribution in [0.5, 0.6) is 0 Å². The number of carbonyl (C=O) groups is 2. The van der Waals surface area contributed by atoms with Crippen molar-refractivity contribution in [3.63, 3.8) is 0 Å². The molecule has 0 bridgehead atoms. The first kappa shape index (κ1) is 12.0. The van der Waals surface area contributed by atoms with E-state index < -0.39 is 5.54 Å². The molecule has 5 heteroatoms. The zero-order valence-electron chi connectivity index (χ0n) is 9.35. The van der Waals surface area contributed by atoms with E-state index in [9.17, 15) is 9.59 Å². The molecule has 3 N–H and O–H groups in total. The van der Waals surface area contributed by atoms with Crippen LogP contribution >= 0.6 is 0 Å². The molecule has 1 atom stereocenters. The molecule has 0 aromatic heterocycles. The van der Waals surface area contributed by atoms with E-state index in [0.29, 0.717) is 0 Å². The molecule has 86 valence electrons. The molecule has 15 heavy (non-hydrogen) atoms. The third-order valence-electron chi connectivity index (χ3n) is 2.97. The Morgan fingerprint density at radius 3 is 2.67 bits per heavy atom. The van der Waals surface area contributed by atoms with Crippen molar-refractivity contribution >= 4 is 11.8 Å². The maximum absolute atomic E-state index is 11.9. The van der Waals surface area contributed by atoms with E-state index in [1.54, 1.807) is 7.05 Å². The molecule has 1 saturated heterocycles. The summed E-state index contributed by atoms with van der Waals surface area (Å²) in [5.41, 5.74) is -0.450. The van der Waals surface area contributed by atoms with Crippen molar-refractivity contribution in [3.8, 4) is 0 Å². The molecule has 1 unspecified atom stereocenters. The SMILES string of the molecule is CCC1(C(=O)NCC(=O)NC)CCCN1. The van der Waals surface area contributed by atoms with Gasteiger partial charge in [0.1, 0.15) is 0 Å². The van der Waals surface area contributed by atoms with Crippen molar-refractivity contribution in [2.45, 2.75) is 31.7 Å². The predicted octanol–water partition coefficient (Wildman–Crippen LogP) is -0.619. The highest BCUT2D eigenvalue weighted by Gasteiger charge is 2.38. The molecule has 1 rings (SSSR count). The van der Waals surface area contributed by atoms with Crippen LogP contribution in [0, 0.1) is 0 Å². The average molecular weight is 213 g/mol. The summed E-state index contributed by atoms with van der Waals surface area (Å²) in [5, 5.41) is 8.34. The Kier molecular flexibility index (Phi) is 4.08. The molecular formula is C10H19N3O2. The van der Waals surface area contributed by atoms with Crippen LogP contribution in [0.25, 0.3) is 0 Å². The van der Waals surface area contributed by atoms with Gasteiger partial charge in [0.2, 0.25) is 11.8 Å². The molecule has 1 heterocycles. The Morgan fingerprint density at radius 1 is 1.47 bits per heavy atom. The summed E-state index contributed by atoms with van der Waals surface area (Å²) in [6, 6.07) is 0. The van der Waals surface area contributed by atoms with E-state index in [4.69, 9.17) is 0 Å². The van der Waals surface area contributed by atoms with Crippen molar-refractivity contribution in [3.05, 3.63) is 0 Å². The first-order valence-corrected chi connectivity index (χ1v) is 5.38. The average Bonchev–Trinajstić information content (AvgIpc) is 2.75.